The van der Waals surface area contributed by atoms with Crippen LogP contribution in [0.25, 0.3) is 0 Å². The van der Waals surface area contributed by atoms with Crippen molar-refractivity contribution in [2.24, 2.45) is 5.92 Å². The van der Waals surface area contributed by atoms with E-state index < -0.39 is 10.1 Å². The fraction of sp³-hybridized carbons (Fsp3) is 1.00. The molecular formula is C19H40O3S. The molecular weight excluding hydrogens is 308 g/mol. The van der Waals surface area contributed by atoms with Gasteiger partial charge < -0.3 is 0 Å². The molecule has 0 aromatic carbocycles. The molecule has 0 N–H and O–H groups in total. The Morgan fingerprint density at radius 1 is 0.652 bits per heavy atom. The van der Waals surface area contributed by atoms with Crippen molar-refractivity contribution in [3.8, 4) is 0 Å². The summed E-state index contributed by atoms with van der Waals surface area (Å²) in [7, 11) is -3.25. The molecule has 23 heavy (non-hydrogen) atoms. The van der Waals surface area contributed by atoms with Crippen LogP contribution in [0.3, 0.4) is 0 Å². The van der Waals surface area contributed by atoms with Gasteiger partial charge in [0.05, 0.1) is 12.9 Å². The monoisotopic (exact) mass is 348 g/mol. The van der Waals surface area contributed by atoms with E-state index in [9.17, 15) is 8.42 Å². The fourth-order valence-electron chi connectivity index (χ4n) is 2.81. The van der Waals surface area contributed by atoms with Gasteiger partial charge in [-0.25, -0.2) is 0 Å². The minimum Gasteiger partial charge on any atom is -0.270 e. The zero-order valence-corrected chi connectivity index (χ0v) is 16.6. The Morgan fingerprint density at radius 2 is 1.00 bits per heavy atom. The second-order valence-electron chi connectivity index (χ2n) is 7.30. The summed E-state index contributed by atoms with van der Waals surface area (Å²) in [6, 6.07) is 0. The molecule has 0 spiro atoms. The highest BCUT2D eigenvalue weighted by Crippen LogP contribution is 2.14. The van der Waals surface area contributed by atoms with Gasteiger partial charge in [-0.15, -0.1) is 0 Å². The smallest absolute Gasteiger partial charge is 0.264 e. The molecule has 0 fully saturated rings. The first kappa shape index (κ1) is 22.9. The van der Waals surface area contributed by atoms with E-state index in [-0.39, 0.29) is 0 Å². The maximum atomic E-state index is 10.8. The third-order valence-corrected chi connectivity index (χ3v) is 4.82. The first-order chi connectivity index (χ1) is 10.9. The average Bonchev–Trinajstić information content (AvgIpc) is 2.45. The van der Waals surface area contributed by atoms with E-state index in [2.05, 4.69) is 13.8 Å². The number of unbranched alkanes of at least 4 members (excludes halogenated alkanes) is 12. The predicted molar refractivity (Wildman–Crippen MR) is 100 cm³/mol. The number of hydrogen-bond acceptors (Lipinski definition) is 3. The van der Waals surface area contributed by atoms with Gasteiger partial charge in [0.15, 0.2) is 0 Å². The third-order valence-electron chi connectivity index (χ3n) is 4.22. The maximum Gasteiger partial charge on any atom is 0.264 e. The topological polar surface area (TPSA) is 43.4 Å². The Bertz CT molecular complexity index is 337. The van der Waals surface area contributed by atoms with Gasteiger partial charge in [-0.05, 0) is 12.3 Å². The minimum atomic E-state index is -3.25. The zero-order chi connectivity index (χ0) is 17.4. The summed E-state index contributed by atoms with van der Waals surface area (Å²) in [4.78, 5) is 0. The molecule has 0 saturated heterocycles. The summed E-state index contributed by atoms with van der Waals surface area (Å²) in [5.41, 5.74) is 0. The molecule has 0 heterocycles. The van der Waals surface area contributed by atoms with Crippen molar-refractivity contribution in [1.82, 2.24) is 0 Å². The van der Waals surface area contributed by atoms with Gasteiger partial charge in [0, 0.05) is 0 Å². The van der Waals surface area contributed by atoms with Crippen molar-refractivity contribution < 1.29 is 12.6 Å². The molecule has 0 aromatic heterocycles. The summed E-state index contributed by atoms with van der Waals surface area (Å²) in [6.07, 6.45) is 19.4. The van der Waals surface area contributed by atoms with Crippen LogP contribution in [0.5, 0.6) is 0 Å². The lowest BCUT2D eigenvalue weighted by atomic mass is 10.0. The molecule has 0 rings (SSSR count). The summed E-state index contributed by atoms with van der Waals surface area (Å²) >= 11 is 0. The summed E-state index contributed by atoms with van der Waals surface area (Å²) in [5, 5.41) is 0. The van der Waals surface area contributed by atoms with E-state index in [1.54, 1.807) is 0 Å². The van der Waals surface area contributed by atoms with Gasteiger partial charge in [-0.3, -0.25) is 4.18 Å². The number of rotatable bonds is 17. The first-order valence-corrected chi connectivity index (χ1v) is 11.6. The van der Waals surface area contributed by atoms with Gasteiger partial charge in [-0.2, -0.15) is 8.42 Å². The van der Waals surface area contributed by atoms with E-state index in [0.29, 0.717) is 6.61 Å². The summed E-state index contributed by atoms with van der Waals surface area (Å²) < 4.78 is 26.3. The van der Waals surface area contributed by atoms with E-state index >= 15 is 0 Å². The Kier molecular flexibility index (Phi) is 15.4. The lowest BCUT2D eigenvalue weighted by molar-refractivity contribution is 0.309. The van der Waals surface area contributed by atoms with Crippen LogP contribution in [0.15, 0.2) is 0 Å². The van der Waals surface area contributed by atoms with E-state index in [4.69, 9.17) is 4.18 Å². The van der Waals surface area contributed by atoms with Crippen LogP contribution in [-0.2, 0) is 14.3 Å². The first-order valence-electron chi connectivity index (χ1n) is 9.76. The molecule has 0 unspecified atom stereocenters. The second-order valence-corrected chi connectivity index (χ2v) is 8.95. The molecule has 0 aliphatic heterocycles. The molecule has 0 saturated carbocycles. The predicted octanol–water partition coefficient (Wildman–Crippen LogP) is 6.08. The Balaban J connectivity index is 3.05. The fourth-order valence-corrected chi connectivity index (χ4v) is 3.23. The van der Waals surface area contributed by atoms with Crippen molar-refractivity contribution in [1.29, 1.82) is 0 Å². The zero-order valence-electron chi connectivity index (χ0n) is 15.8. The lowest BCUT2D eigenvalue weighted by Crippen LogP contribution is -2.03. The van der Waals surface area contributed by atoms with Gasteiger partial charge in [0.1, 0.15) is 0 Å². The normalized spacial score (nSPS) is 12.2. The van der Waals surface area contributed by atoms with Crippen molar-refractivity contribution in [2.75, 3.05) is 12.9 Å². The minimum absolute atomic E-state index is 0.343. The van der Waals surface area contributed by atoms with E-state index in [1.807, 2.05) is 0 Å². The molecule has 4 heteroatoms. The van der Waals surface area contributed by atoms with Gasteiger partial charge >= 0.3 is 0 Å². The van der Waals surface area contributed by atoms with Crippen molar-refractivity contribution in [3.05, 3.63) is 0 Å². The van der Waals surface area contributed by atoms with Crippen LogP contribution in [0.1, 0.15) is 104 Å². The van der Waals surface area contributed by atoms with Gasteiger partial charge in [0.2, 0.25) is 0 Å². The van der Waals surface area contributed by atoms with Gasteiger partial charge in [-0.1, -0.05) is 97.3 Å². The van der Waals surface area contributed by atoms with Crippen molar-refractivity contribution in [3.63, 3.8) is 0 Å². The van der Waals surface area contributed by atoms with Gasteiger partial charge in [0.25, 0.3) is 10.1 Å². The van der Waals surface area contributed by atoms with Crippen LogP contribution in [0.4, 0.5) is 0 Å². The Labute approximate surface area is 145 Å². The van der Waals surface area contributed by atoms with E-state index in [0.717, 1.165) is 25.0 Å². The molecule has 0 bridgehead atoms. The molecule has 0 aromatic rings. The van der Waals surface area contributed by atoms with E-state index in [1.165, 1.54) is 77.0 Å². The Morgan fingerprint density at radius 3 is 1.35 bits per heavy atom. The highest BCUT2D eigenvalue weighted by molar-refractivity contribution is 7.85. The molecule has 140 valence electrons. The molecule has 0 aliphatic rings. The summed E-state index contributed by atoms with van der Waals surface area (Å²) in [5.74, 6) is 0.863. The quantitative estimate of drug-likeness (QED) is 0.236. The SMILES string of the molecule is CC(C)CCCCCCCCCCCCCCCOS(C)(=O)=O. The van der Waals surface area contributed by atoms with Crippen molar-refractivity contribution in [2.45, 2.75) is 104 Å². The molecule has 0 amide bonds. The molecule has 0 radical (unpaired) electrons. The lowest BCUT2D eigenvalue weighted by Gasteiger charge is -2.05. The third kappa shape index (κ3) is 21.9. The van der Waals surface area contributed by atoms with Crippen LogP contribution in [-0.4, -0.2) is 21.3 Å². The highest BCUT2D eigenvalue weighted by Gasteiger charge is 2.00. The average molecular weight is 349 g/mol. The summed E-state index contributed by atoms with van der Waals surface area (Å²) in [6.45, 7) is 4.96. The van der Waals surface area contributed by atoms with Crippen LogP contribution in [0, 0.1) is 5.92 Å². The molecule has 0 atom stereocenters. The largest absolute Gasteiger partial charge is 0.270 e. The van der Waals surface area contributed by atoms with Crippen LogP contribution in [0.2, 0.25) is 0 Å². The standard InChI is InChI=1S/C19H40O3S/c1-19(2)17-15-13-11-9-7-5-4-6-8-10-12-14-16-18-22-23(3,20)21/h19H,4-18H2,1-3H3. The van der Waals surface area contributed by atoms with Crippen LogP contribution >= 0.6 is 0 Å². The molecule has 3 nitrogen and oxygen atoms in total. The highest BCUT2D eigenvalue weighted by atomic mass is 32.2. The Hall–Kier alpha value is -0.0900. The number of hydrogen-bond donors (Lipinski definition) is 0. The molecule has 0 aliphatic carbocycles. The van der Waals surface area contributed by atoms with Crippen molar-refractivity contribution >= 4 is 10.1 Å². The maximum absolute atomic E-state index is 10.8. The second kappa shape index (κ2) is 15.4. The van der Waals surface area contributed by atoms with Crippen LogP contribution < -0.4 is 0 Å².